The zero-order valence-electron chi connectivity index (χ0n) is 10.6. The first-order chi connectivity index (χ1) is 8.63. The Morgan fingerprint density at radius 3 is 2.94 bits per heavy atom. The number of aromatic nitrogens is 2. The number of carbonyl (C=O) groups excluding carboxylic acids is 1. The number of ether oxygens (including phenoxy) is 1. The van der Waals surface area contributed by atoms with E-state index >= 15 is 0 Å². The third-order valence-electron chi connectivity index (χ3n) is 2.81. The average molecular weight is 265 g/mol. The van der Waals surface area contributed by atoms with Crippen molar-refractivity contribution < 1.29 is 9.53 Å². The van der Waals surface area contributed by atoms with Gasteiger partial charge in [0.15, 0.2) is 0 Å². The topological polar surface area (TPSA) is 64.1 Å². The highest BCUT2D eigenvalue weighted by Gasteiger charge is 2.11. The lowest BCUT2D eigenvalue weighted by Crippen LogP contribution is -2.10. The third kappa shape index (κ3) is 2.43. The molecule has 0 radical (unpaired) electrons. The van der Waals surface area contributed by atoms with E-state index in [1.165, 1.54) is 23.9 Å². The number of hydrogen-bond donors (Lipinski definition) is 1. The summed E-state index contributed by atoms with van der Waals surface area (Å²) in [6, 6.07) is 0. The van der Waals surface area contributed by atoms with Crippen molar-refractivity contribution in [2.24, 2.45) is 0 Å². The van der Waals surface area contributed by atoms with Crippen molar-refractivity contribution in [2.75, 3.05) is 19.0 Å². The van der Waals surface area contributed by atoms with E-state index in [9.17, 15) is 4.79 Å². The molecule has 0 unspecified atom stereocenters. The molecule has 2 rings (SSSR count). The number of hydrogen-bond acceptors (Lipinski definition) is 6. The van der Waals surface area contributed by atoms with E-state index in [2.05, 4.69) is 33.9 Å². The zero-order chi connectivity index (χ0) is 13.1. The quantitative estimate of drug-likeness (QED) is 0.859. The largest absolute Gasteiger partial charge is 0.469 e. The summed E-state index contributed by atoms with van der Waals surface area (Å²) in [6.45, 7) is 4.63. The molecule has 0 saturated carbocycles. The van der Waals surface area contributed by atoms with Crippen LogP contribution in [-0.4, -0.2) is 29.6 Å². The van der Waals surface area contributed by atoms with Crippen LogP contribution in [0.1, 0.15) is 16.9 Å². The summed E-state index contributed by atoms with van der Waals surface area (Å²) in [7, 11) is 1.39. The van der Waals surface area contributed by atoms with Crippen LogP contribution in [0, 0.1) is 13.8 Å². The van der Waals surface area contributed by atoms with Gasteiger partial charge in [-0.2, -0.15) is 0 Å². The second-order valence-electron chi connectivity index (χ2n) is 3.94. The van der Waals surface area contributed by atoms with E-state index in [1.54, 1.807) is 11.3 Å². The molecule has 96 valence electrons. The minimum Gasteiger partial charge on any atom is -0.469 e. The monoisotopic (exact) mass is 265 g/mol. The molecule has 2 aromatic heterocycles. The molecule has 0 aliphatic carbocycles. The second kappa shape index (κ2) is 5.30. The molecule has 0 fully saturated rings. The molecule has 0 spiro atoms. The predicted octanol–water partition coefficient (Wildman–Crippen LogP) is 2.28. The van der Waals surface area contributed by atoms with Crippen LogP contribution in [0.3, 0.4) is 0 Å². The van der Waals surface area contributed by atoms with Gasteiger partial charge in [0.1, 0.15) is 17.0 Å². The Morgan fingerprint density at radius 1 is 1.44 bits per heavy atom. The lowest BCUT2D eigenvalue weighted by atomic mass is 10.2. The molecule has 0 saturated heterocycles. The SMILES string of the molecule is COC(=O)CCNc1ncnc2sc(C)c(C)c12. The molecule has 6 heteroatoms. The van der Waals surface area contributed by atoms with Gasteiger partial charge in [-0.05, 0) is 19.4 Å². The summed E-state index contributed by atoms with van der Waals surface area (Å²) < 4.78 is 4.59. The van der Waals surface area contributed by atoms with Gasteiger partial charge in [0.2, 0.25) is 0 Å². The Morgan fingerprint density at radius 2 is 2.22 bits per heavy atom. The van der Waals surface area contributed by atoms with Gasteiger partial charge in [-0.15, -0.1) is 11.3 Å². The number of anilines is 1. The first kappa shape index (κ1) is 12.8. The van der Waals surface area contributed by atoms with E-state index in [1.807, 2.05) is 0 Å². The number of fused-ring (bicyclic) bond motifs is 1. The molecule has 5 nitrogen and oxygen atoms in total. The fourth-order valence-electron chi connectivity index (χ4n) is 1.70. The van der Waals surface area contributed by atoms with Crippen molar-refractivity contribution >= 4 is 33.3 Å². The fourth-order valence-corrected chi connectivity index (χ4v) is 2.70. The molecule has 1 N–H and O–H groups in total. The van der Waals surface area contributed by atoms with E-state index in [4.69, 9.17) is 0 Å². The number of thiophene rings is 1. The molecule has 0 aliphatic heterocycles. The van der Waals surface area contributed by atoms with Gasteiger partial charge < -0.3 is 10.1 Å². The molecule has 0 amide bonds. The van der Waals surface area contributed by atoms with E-state index < -0.39 is 0 Å². The van der Waals surface area contributed by atoms with Crippen molar-refractivity contribution in [2.45, 2.75) is 20.3 Å². The number of nitrogens with one attached hydrogen (secondary N) is 1. The first-order valence-corrected chi connectivity index (χ1v) is 6.46. The number of aryl methyl sites for hydroxylation is 2. The maximum absolute atomic E-state index is 11.0. The summed E-state index contributed by atoms with van der Waals surface area (Å²) in [6.07, 6.45) is 1.86. The van der Waals surface area contributed by atoms with Gasteiger partial charge in [-0.25, -0.2) is 9.97 Å². The third-order valence-corrected chi connectivity index (χ3v) is 3.93. The maximum atomic E-state index is 11.0. The number of carbonyl (C=O) groups is 1. The van der Waals surface area contributed by atoms with Crippen LogP contribution < -0.4 is 5.32 Å². The number of nitrogens with zero attached hydrogens (tertiary/aromatic N) is 2. The summed E-state index contributed by atoms with van der Waals surface area (Å²) in [4.78, 5) is 21.7. The van der Waals surface area contributed by atoms with Gasteiger partial charge in [-0.3, -0.25) is 4.79 Å². The Labute approximate surface area is 109 Å². The first-order valence-electron chi connectivity index (χ1n) is 5.65. The highest BCUT2D eigenvalue weighted by Crippen LogP contribution is 2.32. The van der Waals surface area contributed by atoms with E-state index in [-0.39, 0.29) is 5.97 Å². The highest BCUT2D eigenvalue weighted by molar-refractivity contribution is 7.18. The fraction of sp³-hybridized carbons (Fsp3) is 0.417. The van der Waals surface area contributed by atoms with Gasteiger partial charge in [0.25, 0.3) is 0 Å². The van der Waals surface area contributed by atoms with Crippen LogP contribution in [0.5, 0.6) is 0 Å². The lowest BCUT2D eigenvalue weighted by molar-refractivity contribution is -0.140. The predicted molar refractivity (Wildman–Crippen MR) is 72.0 cm³/mol. The van der Waals surface area contributed by atoms with Crippen molar-refractivity contribution in [3.8, 4) is 0 Å². The maximum Gasteiger partial charge on any atom is 0.307 e. The standard InChI is InChI=1S/C12H15N3O2S/c1-7-8(2)18-12-10(7)11(14-6-15-12)13-5-4-9(16)17-3/h6H,4-5H2,1-3H3,(H,13,14,15). The number of methoxy groups -OCH3 is 1. The van der Waals surface area contributed by atoms with Gasteiger partial charge in [0.05, 0.1) is 18.9 Å². The van der Waals surface area contributed by atoms with Crippen molar-refractivity contribution in [1.29, 1.82) is 0 Å². The molecule has 18 heavy (non-hydrogen) atoms. The molecule has 0 bridgehead atoms. The van der Waals surface area contributed by atoms with Crippen molar-refractivity contribution in [1.82, 2.24) is 9.97 Å². The molecule has 2 aromatic rings. The van der Waals surface area contributed by atoms with Crippen molar-refractivity contribution in [3.63, 3.8) is 0 Å². The second-order valence-corrected chi connectivity index (χ2v) is 5.14. The van der Waals surface area contributed by atoms with Crippen LogP contribution in [0.2, 0.25) is 0 Å². The van der Waals surface area contributed by atoms with Crippen LogP contribution in [0.25, 0.3) is 10.2 Å². The Hall–Kier alpha value is -1.69. The van der Waals surface area contributed by atoms with Crippen LogP contribution in [-0.2, 0) is 9.53 Å². The van der Waals surface area contributed by atoms with Crippen LogP contribution in [0.4, 0.5) is 5.82 Å². The molecule has 0 atom stereocenters. The molecule has 0 aromatic carbocycles. The summed E-state index contributed by atoms with van der Waals surface area (Å²) in [5.74, 6) is 0.553. The summed E-state index contributed by atoms with van der Waals surface area (Å²) in [5.41, 5.74) is 1.19. The van der Waals surface area contributed by atoms with E-state index in [0.717, 1.165) is 16.0 Å². The molecular formula is C12H15N3O2S. The molecular weight excluding hydrogens is 250 g/mol. The average Bonchev–Trinajstić information content (AvgIpc) is 2.66. The number of esters is 1. The summed E-state index contributed by atoms with van der Waals surface area (Å²) >= 11 is 1.65. The lowest BCUT2D eigenvalue weighted by Gasteiger charge is -2.06. The normalized spacial score (nSPS) is 10.6. The zero-order valence-corrected chi connectivity index (χ0v) is 11.4. The van der Waals surface area contributed by atoms with Crippen LogP contribution >= 0.6 is 11.3 Å². The van der Waals surface area contributed by atoms with E-state index in [0.29, 0.717) is 13.0 Å². The van der Waals surface area contributed by atoms with Gasteiger partial charge in [0, 0.05) is 11.4 Å². The minimum absolute atomic E-state index is 0.231. The molecule has 2 heterocycles. The Balaban J connectivity index is 2.20. The van der Waals surface area contributed by atoms with Gasteiger partial charge >= 0.3 is 5.97 Å². The Bertz CT molecular complexity index is 580. The number of rotatable bonds is 4. The van der Waals surface area contributed by atoms with Gasteiger partial charge in [-0.1, -0.05) is 0 Å². The van der Waals surface area contributed by atoms with Crippen molar-refractivity contribution in [3.05, 3.63) is 16.8 Å². The highest BCUT2D eigenvalue weighted by atomic mass is 32.1. The van der Waals surface area contributed by atoms with Crippen LogP contribution in [0.15, 0.2) is 6.33 Å². The molecule has 0 aliphatic rings. The smallest absolute Gasteiger partial charge is 0.307 e. The Kier molecular flexibility index (Phi) is 3.76. The minimum atomic E-state index is -0.231. The summed E-state index contributed by atoms with van der Waals surface area (Å²) in [5, 5.41) is 4.21.